The molecule has 10 heteroatoms. The van der Waals surface area contributed by atoms with Crippen molar-refractivity contribution in [3.63, 3.8) is 0 Å². The minimum Gasteiger partial charge on any atom is -0.486 e. The van der Waals surface area contributed by atoms with Crippen LogP contribution in [0.4, 0.5) is 8.78 Å². The van der Waals surface area contributed by atoms with Crippen molar-refractivity contribution in [1.29, 1.82) is 0 Å². The summed E-state index contributed by atoms with van der Waals surface area (Å²) in [5.74, 6) is -3.51. The lowest BCUT2D eigenvalue weighted by atomic mass is 10.2. The average Bonchev–Trinajstić information content (AvgIpc) is 3.09. The molecule has 0 aliphatic heterocycles. The van der Waals surface area contributed by atoms with Crippen molar-refractivity contribution in [3.05, 3.63) is 65.6 Å². The molecule has 3 N–H and O–H groups in total. The van der Waals surface area contributed by atoms with Gasteiger partial charge in [-0.3, -0.25) is 4.79 Å². The molecule has 0 saturated heterocycles. The van der Waals surface area contributed by atoms with Gasteiger partial charge in [-0.25, -0.2) is 13.8 Å². The number of pyridine rings is 1. The number of para-hydroxylation sites is 1. The van der Waals surface area contributed by atoms with Gasteiger partial charge in [-0.1, -0.05) is 18.2 Å². The van der Waals surface area contributed by atoms with Crippen molar-refractivity contribution < 1.29 is 18.3 Å². The molecule has 2 aromatic heterocycles. The molecular formula is C19H22Cl2F2N4O2. The second-order valence-corrected chi connectivity index (χ2v) is 6.18. The highest BCUT2D eigenvalue weighted by Gasteiger charge is 2.27. The second kappa shape index (κ2) is 10.4. The SMILES string of the molecule is Cc1cccn2cc(COc3ccccc3C(=O)NCC(F)(F)CN)nc12.Cl.Cl. The third-order valence-electron chi connectivity index (χ3n) is 4.04. The van der Waals surface area contributed by atoms with Gasteiger partial charge in [0.2, 0.25) is 0 Å². The predicted octanol–water partition coefficient (Wildman–Crippen LogP) is 3.39. The number of hydrogen-bond acceptors (Lipinski definition) is 4. The summed E-state index contributed by atoms with van der Waals surface area (Å²) in [6, 6.07) is 10.3. The Labute approximate surface area is 179 Å². The highest BCUT2D eigenvalue weighted by Crippen LogP contribution is 2.20. The van der Waals surface area contributed by atoms with Crippen LogP contribution in [0.15, 0.2) is 48.8 Å². The number of carbonyl (C=O) groups excluding carboxylic acids is 1. The van der Waals surface area contributed by atoms with Gasteiger partial charge in [-0.2, -0.15) is 0 Å². The number of nitrogens with one attached hydrogen (secondary N) is 1. The number of aromatic nitrogens is 2. The normalized spacial score (nSPS) is 10.8. The maximum Gasteiger partial charge on any atom is 0.277 e. The Hall–Kier alpha value is -2.42. The molecule has 0 radical (unpaired) electrons. The number of aryl methyl sites for hydroxylation is 1. The Morgan fingerprint density at radius 3 is 2.66 bits per heavy atom. The summed E-state index contributed by atoms with van der Waals surface area (Å²) < 4.78 is 34.1. The van der Waals surface area contributed by atoms with Gasteiger partial charge in [0.05, 0.1) is 24.3 Å². The van der Waals surface area contributed by atoms with Crippen LogP contribution in [0.25, 0.3) is 5.65 Å². The Balaban J connectivity index is 0.00000210. The van der Waals surface area contributed by atoms with E-state index in [9.17, 15) is 13.6 Å². The molecule has 0 bridgehead atoms. The Bertz CT molecular complexity index is 966. The summed E-state index contributed by atoms with van der Waals surface area (Å²) in [6.45, 7) is 0.440. The summed E-state index contributed by atoms with van der Waals surface area (Å²) in [6.07, 6.45) is 3.73. The lowest BCUT2D eigenvalue weighted by Crippen LogP contribution is -2.41. The van der Waals surface area contributed by atoms with E-state index in [1.807, 2.05) is 35.9 Å². The summed E-state index contributed by atoms with van der Waals surface area (Å²) in [4.78, 5) is 16.7. The Morgan fingerprint density at radius 1 is 1.24 bits per heavy atom. The van der Waals surface area contributed by atoms with Crippen LogP contribution in [0.5, 0.6) is 5.75 Å². The van der Waals surface area contributed by atoms with E-state index in [1.165, 1.54) is 6.07 Å². The lowest BCUT2D eigenvalue weighted by molar-refractivity contribution is 0.0118. The summed E-state index contributed by atoms with van der Waals surface area (Å²) >= 11 is 0. The van der Waals surface area contributed by atoms with Crippen LogP contribution in [0, 0.1) is 6.92 Å². The van der Waals surface area contributed by atoms with E-state index in [2.05, 4.69) is 10.3 Å². The molecule has 29 heavy (non-hydrogen) atoms. The van der Waals surface area contributed by atoms with E-state index in [-0.39, 0.29) is 37.0 Å². The fraction of sp³-hybridized carbons (Fsp3) is 0.263. The van der Waals surface area contributed by atoms with Gasteiger partial charge >= 0.3 is 0 Å². The van der Waals surface area contributed by atoms with Gasteiger partial charge in [0.1, 0.15) is 18.0 Å². The summed E-state index contributed by atoms with van der Waals surface area (Å²) in [5, 5.41) is 2.19. The van der Waals surface area contributed by atoms with Gasteiger partial charge in [-0.15, -0.1) is 24.8 Å². The molecule has 6 nitrogen and oxygen atoms in total. The van der Waals surface area contributed by atoms with Crippen LogP contribution in [-0.4, -0.2) is 34.3 Å². The highest BCUT2D eigenvalue weighted by atomic mass is 35.5. The molecule has 1 amide bonds. The number of halogens is 4. The van der Waals surface area contributed by atoms with Crippen LogP contribution in [0.1, 0.15) is 21.6 Å². The number of ether oxygens (including phenoxy) is 1. The molecule has 0 saturated carbocycles. The molecule has 0 aliphatic carbocycles. The monoisotopic (exact) mass is 446 g/mol. The number of nitrogens with zero attached hydrogens (tertiary/aromatic N) is 2. The summed E-state index contributed by atoms with van der Waals surface area (Å²) in [7, 11) is 0. The number of rotatable bonds is 7. The maximum absolute atomic E-state index is 13.3. The van der Waals surface area contributed by atoms with Crippen LogP contribution in [0.2, 0.25) is 0 Å². The molecule has 0 fully saturated rings. The van der Waals surface area contributed by atoms with E-state index < -0.39 is 24.9 Å². The average molecular weight is 447 g/mol. The smallest absolute Gasteiger partial charge is 0.277 e. The van der Waals surface area contributed by atoms with Crippen molar-refractivity contribution in [1.82, 2.24) is 14.7 Å². The molecule has 2 heterocycles. The molecular weight excluding hydrogens is 425 g/mol. The van der Waals surface area contributed by atoms with Crippen LogP contribution < -0.4 is 15.8 Å². The minimum atomic E-state index is -3.15. The zero-order chi connectivity index (χ0) is 19.4. The lowest BCUT2D eigenvalue weighted by Gasteiger charge is -2.15. The zero-order valence-corrected chi connectivity index (χ0v) is 17.2. The largest absolute Gasteiger partial charge is 0.486 e. The molecule has 0 unspecified atom stereocenters. The Kier molecular flexibility index (Phi) is 8.81. The van der Waals surface area contributed by atoms with Gasteiger partial charge in [0, 0.05) is 12.4 Å². The van der Waals surface area contributed by atoms with E-state index in [0.29, 0.717) is 11.4 Å². The molecule has 3 rings (SSSR count). The van der Waals surface area contributed by atoms with Crippen molar-refractivity contribution >= 4 is 36.4 Å². The quantitative estimate of drug-likeness (QED) is 0.582. The van der Waals surface area contributed by atoms with Crippen LogP contribution >= 0.6 is 24.8 Å². The van der Waals surface area contributed by atoms with E-state index >= 15 is 0 Å². The molecule has 0 aliphatic rings. The Morgan fingerprint density at radius 2 is 1.97 bits per heavy atom. The predicted molar refractivity (Wildman–Crippen MR) is 112 cm³/mol. The number of alkyl halides is 2. The topological polar surface area (TPSA) is 81.7 Å². The van der Waals surface area contributed by atoms with Crippen molar-refractivity contribution in [3.8, 4) is 5.75 Å². The molecule has 1 aromatic carbocycles. The summed E-state index contributed by atoms with van der Waals surface area (Å²) in [5.41, 5.74) is 7.70. The highest BCUT2D eigenvalue weighted by molar-refractivity contribution is 5.96. The third-order valence-corrected chi connectivity index (χ3v) is 4.04. The fourth-order valence-corrected chi connectivity index (χ4v) is 2.58. The van der Waals surface area contributed by atoms with Gasteiger partial charge in [0.15, 0.2) is 0 Å². The molecule has 158 valence electrons. The minimum absolute atomic E-state index is 0. The van der Waals surface area contributed by atoms with Gasteiger partial charge in [-0.05, 0) is 30.7 Å². The number of hydrogen-bond donors (Lipinski definition) is 2. The maximum atomic E-state index is 13.3. The zero-order valence-electron chi connectivity index (χ0n) is 15.6. The molecule has 0 atom stereocenters. The van der Waals surface area contributed by atoms with Crippen molar-refractivity contribution in [2.45, 2.75) is 19.5 Å². The van der Waals surface area contributed by atoms with Gasteiger partial charge < -0.3 is 20.2 Å². The standard InChI is InChI=1S/C19H20F2N4O2.2ClH/c1-13-5-4-8-25-9-14(24-17(13)25)10-27-16-7-3-2-6-15(16)18(26)23-12-19(20,21)11-22;;/h2-9H,10-12,22H2,1H3,(H,23,26);2*1H. The van der Waals surface area contributed by atoms with Crippen LogP contribution in [0.3, 0.4) is 0 Å². The molecule has 3 aromatic rings. The van der Waals surface area contributed by atoms with Gasteiger partial charge in [0.25, 0.3) is 11.8 Å². The first-order valence-electron chi connectivity index (χ1n) is 8.41. The molecule has 0 spiro atoms. The number of nitrogens with two attached hydrogens (primary N) is 1. The first kappa shape index (κ1) is 24.6. The first-order valence-corrected chi connectivity index (χ1v) is 8.41. The number of fused-ring (bicyclic) bond motifs is 1. The van der Waals surface area contributed by atoms with Crippen molar-refractivity contribution in [2.24, 2.45) is 5.73 Å². The first-order chi connectivity index (χ1) is 12.9. The van der Waals surface area contributed by atoms with E-state index in [1.54, 1.807) is 18.2 Å². The van der Waals surface area contributed by atoms with E-state index in [4.69, 9.17) is 10.5 Å². The second-order valence-electron chi connectivity index (χ2n) is 6.18. The van der Waals surface area contributed by atoms with Crippen LogP contribution in [-0.2, 0) is 6.61 Å². The van der Waals surface area contributed by atoms with Crippen molar-refractivity contribution in [2.75, 3.05) is 13.1 Å². The third kappa shape index (κ3) is 6.03. The number of benzene rings is 1. The number of carbonyl (C=O) groups is 1. The fourth-order valence-electron chi connectivity index (χ4n) is 2.58. The number of amides is 1. The number of imidazole rings is 1. The van der Waals surface area contributed by atoms with E-state index in [0.717, 1.165) is 11.2 Å².